The van der Waals surface area contributed by atoms with Gasteiger partial charge in [-0.3, -0.25) is 9.69 Å². The second-order valence-electron chi connectivity index (χ2n) is 6.52. The van der Waals surface area contributed by atoms with Gasteiger partial charge in [0.25, 0.3) is 0 Å². The van der Waals surface area contributed by atoms with Gasteiger partial charge in [0, 0.05) is 32.7 Å². The number of nitrogens with zero attached hydrogens (tertiary/aromatic N) is 2. The smallest absolute Gasteiger partial charge is 0.222 e. The van der Waals surface area contributed by atoms with Gasteiger partial charge < -0.3 is 9.64 Å². The van der Waals surface area contributed by atoms with Crippen LogP contribution in [-0.2, 0) is 9.53 Å². The lowest BCUT2D eigenvalue weighted by Gasteiger charge is -2.58. The van der Waals surface area contributed by atoms with Crippen LogP contribution in [0.15, 0.2) is 0 Å². The van der Waals surface area contributed by atoms with Crippen LogP contribution in [0.3, 0.4) is 0 Å². The molecular formula is C16H30N2O2. The van der Waals surface area contributed by atoms with Crippen molar-refractivity contribution in [1.82, 2.24) is 9.80 Å². The van der Waals surface area contributed by atoms with Crippen LogP contribution >= 0.6 is 0 Å². The van der Waals surface area contributed by atoms with Crippen molar-refractivity contribution in [2.45, 2.75) is 51.5 Å². The summed E-state index contributed by atoms with van der Waals surface area (Å²) in [5.74, 6) is 1.01. The third kappa shape index (κ3) is 3.34. The summed E-state index contributed by atoms with van der Waals surface area (Å²) in [6.07, 6.45) is 5.24. The molecule has 0 N–H and O–H groups in total. The molecule has 0 radical (unpaired) electrons. The maximum Gasteiger partial charge on any atom is 0.222 e. The van der Waals surface area contributed by atoms with E-state index in [1.54, 1.807) is 0 Å². The number of hydrogen-bond acceptors (Lipinski definition) is 3. The molecule has 0 saturated carbocycles. The molecule has 116 valence electrons. The molecule has 1 amide bonds. The van der Waals surface area contributed by atoms with Crippen LogP contribution in [0.2, 0.25) is 0 Å². The van der Waals surface area contributed by atoms with Crippen molar-refractivity contribution in [3.05, 3.63) is 0 Å². The number of carbonyl (C=O) groups excluding carboxylic acids is 1. The lowest BCUT2D eigenvalue weighted by molar-refractivity contribution is -0.151. The Morgan fingerprint density at radius 2 is 2.10 bits per heavy atom. The fraction of sp³-hybridized carbons (Fsp3) is 0.938. The first-order valence-corrected chi connectivity index (χ1v) is 8.18. The van der Waals surface area contributed by atoms with Crippen molar-refractivity contribution in [1.29, 1.82) is 0 Å². The largest absolute Gasteiger partial charge is 0.381 e. The summed E-state index contributed by atoms with van der Waals surface area (Å²) < 4.78 is 5.60. The molecule has 0 aromatic carbocycles. The van der Waals surface area contributed by atoms with Gasteiger partial charge in [-0.1, -0.05) is 13.3 Å². The molecule has 2 aliphatic heterocycles. The van der Waals surface area contributed by atoms with Gasteiger partial charge in [0.2, 0.25) is 5.91 Å². The number of unbranched alkanes of at least 4 members (excludes halogenated alkanes) is 1. The van der Waals surface area contributed by atoms with Crippen molar-refractivity contribution < 1.29 is 9.53 Å². The van der Waals surface area contributed by atoms with E-state index >= 15 is 0 Å². The number of rotatable bonds is 6. The Hall–Kier alpha value is -0.610. The summed E-state index contributed by atoms with van der Waals surface area (Å²) in [5.41, 5.74) is 0.238. The Balaban J connectivity index is 1.83. The van der Waals surface area contributed by atoms with Crippen LogP contribution in [-0.4, -0.2) is 61.1 Å². The van der Waals surface area contributed by atoms with Crippen LogP contribution < -0.4 is 0 Å². The summed E-state index contributed by atoms with van der Waals surface area (Å²) in [6.45, 7) is 8.87. The molecule has 0 bridgehead atoms. The predicted octanol–water partition coefficient (Wildman–Crippen LogP) is 2.14. The summed E-state index contributed by atoms with van der Waals surface area (Å²) >= 11 is 0. The molecule has 1 unspecified atom stereocenters. The lowest BCUT2D eigenvalue weighted by atomic mass is 9.75. The number of piperidine rings is 1. The first kappa shape index (κ1) is 15.8. The lowest BCUT2D eigenvalue weighted by Crippen LogP contribution is -2.72. The molecule has 20 heavy (non-hydrogen) atoms. The quantitative estimate of drug-likeness (QED) is 0.748. The molecule has 0 aromatic rings. The van der Waals surface area contributed by atoms with Gasteiger partial charge in [-0.2, -0.15) is 0 Å². The maximum absolute atomic E-state index is 12.1. The van der Waals surface area contributed by atoms with Crippen molar-refractivity contribution in [3.63, 3.8) is 0 Å². The zero-order valence-electron chi connectivity index (χ0n) is 13.4. The number of hydrogen-bond donors (Lipinski definition) is 0. The van der Waals surface area contributed by atoms with Crippen LogP contribution in [0.4, 0.5) is 0 Å². The fourth-order valence-electron chi connectivity index (χ4n) is 3.53. The average molecular weight is 282 g/mol. The first-order chi connectivity index (χ1) is 9.61. The Morgan fingerprint density at radius 1 is 1.35 bits per heavy atom. The zero-order valence-corrected chi connectivity index (χ0v) is 13.4. The number of ether oxygens (including phenoxy) is 1. The van der Waals surface area contributed by atoms with E-state index in [2.05, 4.69) is 30.7 Å². The molecule has 0 aromatic heterocycles. The van der Waals surface area contributed by atoms with Gasteiger partial charge in [0.1, 0.15) is 0 Å². The fourth-order valence-corrected chi connectivity index (χ4v) is 3.53. The summed E-state index contributed by atoms with van der Waals surface area (Å²) in [6, 6.07) is 0. The molecule has 1 atom stereocenters. The third-order valence-corrected chi connectivity index (χ3v) is 4.98. The average Bonchev–Trinajstić information content (AvgIpc) is 2.41. The Labute approximate surface area is 123 Å². The Bertz CT molecular complexity index is 324. The molecule has 0 aliphatic carbocycles. The SMILES string of the molecule is CCCCC(=O)N1CC2(CC(COCC)CCN2C)C1. The number of likely N-dealkylation sites (tertiary alicyclic amines) is 2. The minimum Gasteiger partial charge on any atom is -0.381 e. The molecule has 2 rings (SSSR count). The first-order valence-electron chi connectivity index (χ1n) is 8.18. The number of amides is 1. The van der Waals surface area contributed by atoms with E-state index in [4.69, 9.17) is 4.74 Å². The summed E-state index contributed by atoms with van der Waals surface area (Å²) in [4.78, 5) is 16.6. The van der Waals surface area contributed by atoms with E-state index in [-0.39, 0.29) is 5.54 Å². The van der Waals surface area contributed by atoms with Crippen LogP contribution in [0.25, 0.3) is 0 Å². The normalized spacial score (nSPS) is 25.8. The highest BCUT2D eigenvalue weighted by Gasteiger charge is 2.50. The molecule has 4 nitrogen and oxygen atoms in total. The van der Waals surface area contributed by atoms with Crippen LogP contribution in [0, 0.1) is 5.92 Å². The minimum atomic E-state index is 0.238. The van der Waals surface area contributed by atoms with Crippen LogP contribution in [0.1, 0.15) is 46.0 Å². The van der Waals surface area contributed by atoms with Gasteiger partial charge >= 0.3 is 0 Å². The zero-order chi connectivity index (χ0) is 14.6. The van der Waals surface area contributed by atoms with Crippen molar-refractivity contribution in [2.75, 3.05) is 39.9 Å². The van der Waals surface area contributed by atoms with Crippen LogP contribution in [0.5, 0.6) is 0 Å². The summed E-state index contributed by atoms with van der Waals surface area (Å²) in [5, 5.41) is 0. The van der Waals surface area contributed by atoms with Crippen molar-refractivity contribution >= 4 is 5.91 Å². The third-order valence-electron chi connectivity index (χ3n) is 4.98. The molecule has 2 aliphatic rings. The summed E-state index contributed by atoms with van der Waals surface area (Å²) in [7, 11) is 2.21. The van der Waals surface area contributed by atoms with E-state index in [9.17, 15) is 4.79 Å². The topological polar surface area (TPSA) is 32.8 Å². The second-order valence-corrected chi connectivity index (χ2v) is 6.52. The van der Waals surface area contributed by atoms with Gasteiger partial charge in [0.05, 0.1) is 5.54 Å². The highest BCUT2D eigenvalue weighted by atomic mass is 16.5. The van der Waals surface area contributed by atoms with E-state index in [0.717, 1.165) is 52.1 Å². The predicted molar refractivity (Wildman–Crippen MR) is 80.7 cm³/mol. The number of likely N-dealkylation sites (N-methyl/N-ethyl adjacent to an activating group) is 1. The highest BCUT2D eigenvalue weighted by Crippen LogP contribution is 2.38. The second kappa shape index (κ2) is 6.90. The number of carbonyl (C=O) groups is 1. The monoisotopic (exact) mass is 282 g/mol. The van der Waals surface area contributed by atoms with Crippen molar-refractivity contribution in [3.8, 4) is 0 Å². The molecule has 4 heteroatoms. The standard InChI is InChI=1S/C16H30N2O2/c1-4-6-7-15(19)18-12-16(13-18)10-14(11-20-5-2)8-9-17(16)3/h14H,4-13H2,1-3H3. The Kier molecular flexibility index (Phi) is 5.44. The molecule has 2 heterocycles. The molecular weight excluding hydrogens is 252 g/mol. The van der Waals surface area contributed by atoms with E-state index < -0.39 is 0 Å². The van der Waals surface area contributed by atoms with Gasteiger partial charge in [-0.15, -0.1) is 0 Å². The molecule has 2 saturated heterocycles. The van der Waals surface area contributed by atoms with E-state index in [0.29, 0.717) is 11.8 Å². The molecule has 1 spiro atoms. The Morgan fingerprint density at radius 3 is 2.75 bits per heavy atom. The van der Waals surface area contributed by atoms with Gasteiger partial charge in [0.15, 0.2) is 0 Å². The van der Waals surface area contributed by atoms with E-state index in [1.807, 2.05) is 0 Å². The maximum atomic E-state index is 12.1. The van der Waals surface area contributed by atoms with Gasteiger partial charge in [-0.25, -0.2) is 0 Å². The molecule has 2 fully saturated rings. The van der Waals surface area contributed by atoms with E-state index in [1.165, 1.54) is 12.8 Å². The van der Waals surface area contributed by atoms with Gasteiger partial charge in [-0.05, 0) is 45.7 Å². The van der Waals surface area contributed by atoms with Crippen molar-refractivity contribution in [2.24, 2.45) is 5.92 Å². The minimum absolute atomic E-state index is 0.238. The highest BCUT2D eigenvalue weighted by molar-refractivity contribution is 5.77.